The van der Waals surface area contributed by atoms with E-state index in [2.05, 4.69) is 11.9 Å². The third kappa shape index (κ3) is 3.81. The van der Waals surface area contributed by atoms with Crippen LogP contribution in [0, 0.1) is 5.82 Å². The van der Waals surface area contributed by atoms with Gasteiger partial charge >= 0.3 is 5.69 Å². The first-order valence-electron chi connectivity index (χ1n) is 8.77. The third-order valence-electron chi connectivity index (χ3n) is 4.50. The van der Waals surface area contributed by atoms with Gasteiger partial charge in [-0.2, -0.15) is 4.98 Å². The molecule has 0 spiro atoms. The zero-order chi connectivity index (χ0) is 18.8. The zero-order valence-corrected chi connectivity index (χ0v) is 15.5. The van der Waals surface area contributed by atoms with E-state index >= 15 is 0 Å². The molecular formula is C19H24FN3O3. The van der Waals surface area contributed by atoms with Crippen LogP contribution in [0.1, 0.15) is 32.8 Å². The number of ether oxygens (including phenoxy) is 2. The van der Waals surface area contributed by atoms with Crippen molar-refractivity contribution in [1.82, 2.24) is 9.55 Å². The lowest BCUT2D eigenvalue weighted by atomic mass is 10.1. The van der Waals surface area contributed by atoms with Crippen LogP contribution in [-0.2, 0) is 13.2 Å². The predicted molar refractivity (Wildman–Crippen MR) is 97.5 cm³/mol. The van der Waals surface area contributed by atoms with Gasteiger partial charge in [-0.3, -0.25) is 4.57 Å². The van der Waals surface area contributed by atoms with Crippen molar-refractivity contribution >= 4 is 5.82 Å². The van der Waals surface area contributed by atoms with E-state index in [1.807, 2.05) is 25.8 Å². The maximum atomic E-state index is 14.1. The highest BCUT2D eigenvalue weighted by atomic mass is 19.1. The van der Waals surface area contributed by atoms with Crippen molar-refractivity contribution in [2.24, 2.45) is 0 Å². The molecule has 3 rings (SSSR count). The van der Waals surface area contributed by atoms with Gasteiger partial charge in [-0.15, -0.1) is 0 Å². The van der Waals surface area contributed by atoms with Crippen LogP contribution in [0.25, 0.3) is 0 Å². The minimum atomic E-state index is -0.438. The van der Waals surface area contributed by atoms with Crippen molar-refractivity contribution in [2.75, 3.05) is 11.9 Å². The number of rotatable bonds is 5. The van der Waals surface area contributed by atoms with E-state index in [4.69, 9.17) is 9.47 Å². The molecule has 0 fully saturated rings. The third-order valence-corrected chi connectivity index (χ3v) is 4.50. The van der Waals surface area contributed by atoms with Gasteiger partial charge in [0.2, 0.25) is 5.88 Å². The first-order valence-corrected chi connectivity index (χ1v) is 8.77. The molecule has 0 saturated carbocycles. The molecule has 0 unspecified atom stereocenters. The number of aromatic nitrogens is 2. The number of hydrogen-bond donors (Lipinski definition) is 0. The van der Waals surface area contributed by atoms with Crippen LogP contribution in [0.4, 0.5) is 10.2 Å². The van der Waals surface area contributed by atoms with E-state index in [1.165, 1.54) is 6.07 Å². The Morgan fingerprint density at radius 3 is 2.81 bits per heavy atom. The van der Waals surface area contributed by atoms with Crippen LogP contribution in [0.5, 0.6) is 11.6 Å². The highest BCUT2D eigenvalue weighted by Crippen LogP contribution is 2.25. The van der Waals surface area contributed by atoms with Gasteiger partial charge in [-0.25, -0.2) is 9.18 Å². The summed E-state index contributed by atoms with van der Waals surface area (Å²) < 4.78 is 26.7. The molecule has 2 aromatic rings. The molecule has 0 aliphatic carbocycles. The summed E-state index contributed by atoms with van der Waals surface area (Å²) in [6.07, 6.45) is 0.800. The van der Waals surface area contributed by atoms with E-state index in [9.17, 15) is 9.18 Å². The second-order valence-corrected chi connectivity index (χ2v) is 6.86. The fourth-order valence-corrected chi connectivity index (χ4v) is 2.93. The lowest BCUT2D eigenvalue weighted by Crippen LogP contribution is -2.41. The van der Waals surface area contributed by atoms with Crippen molar-refractivity contribution in [3.8, 4) is 11.6 Å². The summed E-state index contributed by atoms with van der Waals surface area (Å²) in [5, 5.41) is 0. The average Bonchev–Trinajstić information content (AvgIpc) is 2.58. The number of nitrogens with zero attached hydrogens (tertiary/aromatic N) is 3. The van der Waals surface area contributed by atoms with Crippen LogP contribution < -0.4 is 20.1 Å². The molecule has 0 N–H and O–H groups in total. The molecule has 2 heterocycles. The average molecular weight is 361 g/mol. The van der Waals surface area contributed by atoms with Crippen molar-refractivity contribution in [2.45, 2.75) is 52.5 Å². The summed E-state index contributed by atoms with van der Waals surface area (Å²) in [6.45, 7) is 6.56. The monoisotopic (exact) mass is 361 g/mol. The van der Waals surface area contributed by atoms with Gasteiger partial charge in [-0.1, -0.05) is 6.07 Å². The second-order valence-electron chi connectivity index (χ2n) is 6.86. The Balaban J connectivity index is 1.75. The molecule has 26 heavy (non-hydrogen) atoms. The second kappa shape index (κ2) is 7.35. The molecule has 1 aliphatic heterocycles. The predicted octanol–water partition coefficient (Wildman–Crippen LogP) is 2.98. The summed E-state index contributed by atoms with van der Waals surface area (Å²) in [7, 11) is 1.95. The molecule has 0 radical (unpaired) electrons. The van der Waals surface area contributed by atoms with Crippen LogP contribution in [-0.4, -0.2) is 28.7 Å². The number of hydrogen-bond acceptors (Lipinski definition) is 5. The molecule has 140 valence electrons. The normalized spacial score (nSPS) is 16.5. The van der Waals surface area contributed by atoms with Gasteiger partial charge in [0, 0.05) is 25.7 Å². The van der Waals surface area contributed by atoms with Gasteiger partial charge in [0.1, 0.15) is 12.4 Å². The van der Waals surface area contributed by atoms with E-state index in [0.29, 0.717) is 18.2 Å². The van der Waals surface area contributed by atoms with E-state index < -0.39 is 5.82 Å². The topological polar surface area (TPSA) is 56.6 Å². The summed E-state index contributed by atoms with van der Waals surface area (Å²) in [5.74, 6) is 0.798. The molecule has 1 aliphatic rings. The van der Waals surface area contributed by atoms with Gasteiger partial charge in [0.05, 0.1) is 6.10 Å². The largest absolute Gasteiger partial charge is 0.488 e. The number of anilines is 1. The van der Waals surface area contributed by atoms with Crippen LogP contribution in [0.3, 0.4) is 0 Å². The smallest absolute Gasteiger partial charge is 0.352 e. The molecule has 0 amide bonds. The number of benzene rings is 1. The molecule has 6 nitrogen and oxygen atoms in total. The minimum absolute atomic E-state index is 0.0985. The Kier molecular flexibility index (Phi) is 5.15. The van der Waals surface area contributed by atoms with Crippen molar-refractivity contribution in [1.29, 1.82) is 0 Å². The molecule has 1 aromatic heterocycles. The van der Waals surface area contributed by atoms with Crippen LogP contribution in [0.15, 0.2) is 29.1 Å². The maximum absolute atomic E-state index is 14.1. The molecule has 0 bridgehead atoms. The standard InChI is InChI=1S/C19H24FN3O3/c1-12(2)26-16-6-5-14(9-15(16)20)11-25-17-10-18-22(4)13(3)7-8-23(18)19(24)21-17/h5-6,9-10,12-13H,7-8,11H2,1-4H3/t13-/m1/s1. The lowest BCUT2D eigenvalue weighted by Gasteiger charge is -2.34. The maximum Gasteiger partial charge on any atom is 0.352 e. The van der Waals surface area contributed by atoms with Crippen molar-refractivity contribution in [3.63, 3.8) is 0 Å². The van der Waals surface area contributed by atoms with Gasteiger partial charge in [0.15, 0.2) is 11.6 Å². The van der Waals surface area contributed by atoms with Crippen LogP contribution >= 0.6 is 0 Å². The lowest BCUT2D eigenvalue weighted by molar-refractivity contribution is 0.230. The SMILES string of the molecule is CC(C)Oc1ccc(COc2cc3n(c(=O)n2)CC[C@@H](C)N3C)cc1F. The summed E-state index contributed by atoms with van der Waals surface area (Å²) in [4.78, 5) is 18.2. The number of halogens is 1. The van der Waals surface area contributed by atoms with Crippen LogP contribution in [0.2, 0.25) is 0 Å². The molecule has 1 atom stereocenters. The van der Waals surface area contributed by atoms with Crippen molar-refractivity contribution < 1.29 is 13.9 Å². The molecular weight excluding hydrogens is 337 g/mol. The van der Waals surface area contributed by atoms with E-state index in [-0.39, 0.29) is 30.0 Å². The Bertz CT molecular complexity index is 850. The fourth-order valence-electron chi connectivity index (χ4n) is 2.93. The highest BCUT2D eigenvalue weighted by molar-refractivity contribution is 5.44. The summed E-state index contributed by atoms with van der Waals surface area (Å²) in [5.41, 5.74) is 0.308. The fraction of sp³-hybridized carbons (Fsp3) is 0.474. The first-order chi connectivity index (χ1) is 12.3. The van der Waals surface area contributed by atoms with E-state index in [1.54, 1.807) is 22.8 Å². The van der Waals surface area contributed by atoms with Gasteiger partial charge in [-0.05, 0) is 44.9 Å². The Morgan fingerprint density at radius 1 is 1.35 bits per heavy atom. The summed E-state index contributed by atoms with van der Waals surface area (Å²) >= 11 is 0. The van der Waals surface area contributed by atoms with Crippen molar-refractivity contribution in [3.05, 3.63) is 46.1 Å². The highest BCUT2D eigenvalue weighted by Gasteiger charge is 2.22. The Morgan fingerprint density at radius 2 is 2.12 bits per heavy atom. The minimum Gasteiger partial charge on any atom is -0.488 e. The van der Waals surface area contributed by atoms with Gasteiger partial charge < -0.3 is 14.4 Å². The Labute approximate surface area is 152 Å². The quantitative estimate of drug-likeness (QED) is 0.819. The molecule has 0 saturated heterocycles. The first kappa shape index (κ1) is 18.2. The summed E-state index contributed by atoms with van der Waals surface area (Å²) in [6, 6.07) is 6.78. The Hall–Kier alpha value is -2.57. The zero-order valence-electron chi connectivity index (χ0n) is 15.5. The van der Waals surface area contributed by atoms with E-state index in [0.717, 1.165) is 12.2 Å². The number of fused-ring (bicyclic) bond motifs is 1. The van der Waals surface area contributed by atoms with Gasteiger partial charge in [0.25, 0.3) is 0 Å². The molecule has 7 heteroatoms. The molecule has 1 aromatic carbocycles.